The number of allylic oxidation sites excluding steroid dienone is 2. The van der Waals surface area contributed by atoms with Gasteiger partial charge in [-0.1, -0.05) is 6.42 Å². The van der Waals surface area contributed by atoms with Crippen LogP contribution in [-0.2, 0) is 5.60 Å². The third-order valence-electron chi connectivity index (χ3n) is 7.44. The molecular weight excluding hydrogens is 617 g/mol. The zero-order valence-electron chi connectivity index (χ0n) is 23.1. The predicted molar refractivity (Wildman–Crippen MR) is 173 cm³/mol. The van der Waals surface area contributed by atoms with Gasteiger partial charge in [-0.3, -0.25) is 0 Å². The monoisotopic (exact) mass is 638 g/mol. The smallest absolute Gasteiger partial charge is 0.263 e. The Morgan fingerprint density at radius 1 is 0.791 bits per heavy atom. The van der Waals surface area contributed by atoms with Crippen LogP contribution in [0.4, 0.5) is 0 Å². The molecule has 5 heterocycles. The molecule has 43 heavy (non-hydrogen) atoms. The Morgan fingerprint density at radius 3 is 1.84 bits per heavy atom. The van der Waals surface area contributed by atoms with Crippen molar-refractivity contribution in [2.24, 2.45) is 0 Å². The van der Waals surface area contributed by atoms with Gasteiger partial charge < -0.3 is 14.2 Å². The number of methoxy groups -OCH3 is 2. The van der Waals surface area contributed by atoms with Crippen LogP contribution in [0.3, 0.4) is 0 Å². The molecule has 1 aliphatic heterocycles. The van der Waals surface area contributed by atoms with Crippen LogP contribution < -0.4 is 14.2 Å². The minimum atomic E-state index is -0.399. The molecule has 1 spiro atoms. The van der Waals surface area contributed by atoms with Gasteiger partial charge in [0.1, 0.15) is 22.8 Å². The lowest BCUT2D eigenvalue weighted by molar-refractivity contribution is 0.0251. The van der Waals surface area contributed by atoms with Crippen LogP contribution >= 0.6 is 45.3 Å². The zero-order valence-corrected chi connectivity index (χ0v) is 26.4. The molecule has 0 saturated heterocycles. The molecule has 1 fully saturated rings. The first-order valence-electron chi connectivity index (χ1n) is 13.3. The average molecular weight is 639 g/mol. The Labute approximate surface area is 265 Å². The van der Waals surface area contributed by atoms with Crippen LogP contribution in [0.2, 0.25) is 0 Å². The summed E-state index contributed by atoms with van der Waals surface area (Å²) in [5, 5.41) is 18.5. The highest BCUT2D eigenvalue weighted by atomic mass is 32.1. The third-order valence-corrected chi connectivity index (χ3v) is 12.3. The SMILES string of the molecule is [C-]#[N+]/C(C#N)=C\c1cc(OC)c(-c2cc3c(s2)-c2sc(-c4sc(/C=C(\C#N)[N+]#[C-])cc4OC)cc2C2(CCCCC2)O3)s1. The summed E-state index contributed by atoms with van der Waals surface area (Å²) in [5.74, 6) is 2.27. The molecule has 0 atom stereocenters. The fraction of sp³-hybridized carbons (Fsp3) is 0.250. The van der Waals surface area contributed by atoms with Gasteiger partial charge in [0.15, 0.2) is 0 Å². The molecule has 0 radical (unpaired) electrons. The van der Waals surface area contributed by atoms with Crippen molar-refractivity contribution in [1.29, 1.82) is 10.5 Å². The molecule has 7 nitrogen and oxygen atoms in total. The fourth-order valence-corrected chi connectivity index (χ4v) is 10.3. The van der Waals surface area contributed by atoms with Crippen molar-refractivity contribution < 1.29 is 14.2 Å². The Balaban J connectivity index is 1.48. The molecule has 2 aliphatic rings. The number of nitriles is 2. The lowest BCUT2D eigenvalue weighted by atomic mass is 9.78. The second-order valence-corrected chi connectivity index (χ2v) is 14.2. The van der Waals surface area contributed by atoms with E-state index in [0.717, 1.165) is 65.6 Å². The molecule has 0 aromatic carbocycles. The highest BCUT2D eigenvalue weighted by molar-refractivity contribution is 7.29. The molecule has 4 aromatic heterocycles. The second kappa shape index (κ2) is 11.7. The first kappa shape index (κ1) is 28.7. The van der Waals surface area contributed by atoms with Crippen molar-refractivity contribution in [3.05, 3.63) is 73.8 Å². The van der Waals surface area contributed by atoms with Gasteiger partial charge in [-0.2, -0.15) is 0 Å². The normalized spacial score (nSPS) is 15.3. The maximum atomic E-state index is 9.26. The van der Waals surface area contributed by atoms with E-state index in [9.17, 15) is 10.5 Å². The van der Waals surface area contributed by atoms with Crippen LogP contribution in [0.15, 0.2) is 35.7 Å². The van der Waals surface area contributed by atoms with E-state index in [1.807, 2.05) is 24.3 Å². The lowest BCUT2D eigenvalue weighted by Gasteiger charge is -2.40. The van der Waals surface area contributed by atoms with Crippen molar-refractivity contribution >= 4 is 57.5 Å². The predicted octanol–water partition coefficient (Wildman–Crippen LogP) is 10.1. The second-order valence-electron chi connectivity index (χ2n) is 9.91. The summed E-state index contributed by atoms with van der Waals surface area (Å²) in [6.45, 7) is 14.5. The van der Waals surface area contributed by atoms with E-state index >= 15 is 0 Å². The van der Waals surface area contributed by atoms with Gasteiger partial charge in [-0.05, 0) is 56.0 Å². The summed E-state index contributed by atoms with van der Waals surface area (Å²) in [5.41, 5.74) is 0.868. The zero-order chi connectivity index (χ0) is 30.1. The topological polar surface area (TPSA) is 84.0 Å². The van der Waals surface area contributed by atoms with Gasteiger partial charge in [0.05, 0.1) is 63.9 Å². The van der Waals surface area contributed by atoms with Crippen LogP contribution in [0, 0.1) is 35.8 Å². The molecule has 0 bridgehead atoms. The Morgan fingerprint density at radius 2 is 1.33 bits per heavy atom. The summed E-state index contributed by atoms with van der Waals surface area (Å²) in [4.78, 5) is 14.4. The van der Waals surface area contributed by atoms with Crippen LogP contribution in [0.1, 0.15) is 47.4 Å². The van der Waals surface area contributed by atoms with Gasteiger partial charge in [0.25, 0.3) is 11.4 Å². The van der Waals surface area contributed by atoms with Crippen LogP contribution in [0.25, 0.3) is 51.1 Å². The van der Waals surface area contributed by atoms with Gasteiger partial charge in [0, 0.05) is 26.3 Å². The van der Waals surface area contributed by atoms with E-state index in [1.54, 1.807) is 49.0 Å². The first-order valence-corrected chi connectivity index (χ1v) is 16.5. The van der Waals surface area contributed by atoms with E-state index in [4.69, 9.17) is 27.4 Å². The minimum absolute atomic E-state index is 0.0276. The van der Waals surface area contributed by atoms with E-state index in [2.05, 4.69) is 21.8 Å². The Bertz CT molecular complexity index is 1940. The molecule has 0 unspecified atom stereocenters. The van der Waals surface area contributed by atoms with E-state index in [-0.39, 0.29) is 11.4 Å². The standard InChI is InChI=1S/C32H22N4O3S4/c1-35-18(16-33)10-20-12-23(37-3)29(40-20)26-14-22-28(42-26)31-25(39-32(22)8-6-5-7-9-32)15-27(43-31)30-24(38-4)13-21(41-30)11-19(17-34)36-2/h10-15H,5-9H2,3-4H3/b18-10+,19-11-. The van der Waals surface area contributed by atoms with Crippen molar-refractivity contribution in [3.8, 4) is 58.6 Å². The van der Waals surface area contributed by atoms with Crippen molar-refractivity contribution in [2.45, 2.75) is 37.7 Å². The molecule has 0 N–H and O–H groups in total. The third kappa shape index (κ3) is 5.12. The molecule has 11 heteroatoms. The van der Waals surface area contributed by atoms with Gasteiger partial charge in [-0.25, -0.2) is 20.2 Å². The molecule has 1 aliphatic carbocycles. The van der Waals surface area contributed by atoms with E-state index in [0.29, 0.717) is 11.5 Å². The first-order chi connectivity index (χ1) is 20.9. The number of nitrogens with zero attached hydrogens (tertiary/aromatic N) is 4. The van der Waals surface area contributed by atoms with Crippen molar-refractivity contribution in [3.63, 3.8) is 0 Å². The number of hydrogen-bond acceptors (Lipinski definition) is 9. The van der Waals surface area contributed by atoms with Crippen molar-refractivity contribution in [1.82, 2.24) is 0 Å². The molecule has 6 rings (SSSR count). The summed E-state index contributed by atoms with van der Waals surface area (Å²) in [6, 6.07) is 12.0. The number of ether oxygens (including phenoxy) is 3. The average Bonchev–Trinajstić information content (AvgIpc) is 3.83. The highest BCUT2D eigenvalue weighted by Gasteiger charge is 2.44. The van der Waals surface area contributed by atoms with Gasteiger partial charge in [0.2, 0.25) is 0 Å². The minimum Gasteiger partial charge on any atom is -0.495 e. The van der Waals surface area contributed by atoms with Crippen molar-refractivity contribution in [2.75, 3.05) is 14.2 Å². The van der Waals surface area contributed by atoms with Gasteiger partial charge in [-0.15, -0.1) is 45.3 Å². The van der Waals surface area contributed by atoms with Crippen LogP contribution in [-0.4, -0.2) is 14.2 Å². The summed E-state index contributed by atoms with van der Waals surface area (Å²) in [6.07, 6.45) is 8.45. The molecule has 212 valence electrons. The molecule has 4 aromatic rings. The van der Waals surface area contributed by atoms with E-state index < -0.39 is 5.60 Å². The fourth-order valence-electron chi connectivity index (χ4n) is 5.51. The summed E-state index contributed by atoms with van der Waals surface area (Å²) < 4.78 is 18.4. The lowest BCUT2D eigenvalue weighted by Crippen LogP contribution is -2.37. The summed E-state index contributed by atoms with van der Waals surface area (Å²) in [7, 11) is 3.26. The quantitative estimate of drug-likeness (QED) is 0.155. The number of thiophene rings is 4. The van der Waals surface area contributed by atoms with Crippen LogP contribution in [0.5, 0.6) is 17.2 Å². The van der Waals surface area contributed by atoms with Gasteiger partial charge >= 0.3 is 0 Å². The Kier molecular flexibility index (Phi) is 7.84. The largest absolute Gasteiger partial charge is 0.495 e. The number of rotatable bonds is 6. The number of hydrogen-bond donors (Lipinski definition) is 0. The highest BCUT2D eigenvalue weighted by Crippen LogP contribution is 2.60. The van der Waals surface area contributed by atoms with E-state index in [1.165, 1.54) is 39.5 Å². The number of fused-ring (bicyclic) bond motifs is 4. The summed E-state index contributed by atoms with van der Waals surface area (Å²) >= 11 is 6.36. The maximum Gasteiger partial charge on any atom is 0.263 e. The molecule has 1 saturated carbocycles. The molecular formula is C32H22N4O3S4. The Hall–Kier alpha value is -4.36. The maximum absolute atomic E-state index is 9.26. The molecule has 0 amide bonds.